The molecule has 0 unspecified atom stereocenters. The smallest absolute Gasteiger partial charge is 0.363 e. The van der Waals surface area contributed by atoms with Crippen LogP contribution in [0.5, 0.6) is 0 Å². The van der Waals surface area contributed by atoms with Crippen LogP contribution in [0.1, 0.15) is 5.69 Å². The number of nitrogens with zero attached hydrogens (tertiary/aromatic N) is 4. The SMILES string of the molecule is CN(C)c1ccc(-c2cccc(-c3cc(=O)n4[nH]c(C(F)(F)F)c(-c5ccc(Cl)cc5)c4n3)c2)cn1. The van der Waals surface area contributed by atoms with Gasteiger partial charge in [0.2, 0.25) is 0 Å². The maximum Gasteiger partial charge on any atom is 0.433 e. The van der Waals surface area contributed by atoms with E-state index in [1.165, 1.54) is 30.3 Å². The third-order valence-electron chi connectivity index (χ3n) is 5.73. The number of anilines is 1. The van der Waals surface area contributed by atoms with Crippen LogP contribution < -0.4 is 10.5 Å². The number of hydrogen-bond donors (Lipinski definition) is 1. The van der Waals surface area contributed by atoms with E-state index in [-0.39, 0.29) is 22.5 Å². The van der Waals surface area contributed by atoms with Gasteiger partial charge in [0.05, 0.1) is 11.3 Å². The van der Waals surface area contributed by atoms with Crippen molar-refractivity contribution < 1.29 is 13.2 Å². The summed E-state index contributed by atoms with van der Waals surface area (Å²) < 4.78 is 42.6. The molecule has 36 heavy (non-hydrogen) atoms. The van der Waals surface area contributed by atoms with Crippen molar-refractivity contribution in [2.75, 3.05) is 19.0 Å². The Morgan fingerprint density at radius 3 is 2.25 bits per heavy atom. The van der Waals surface area contributed by atoms with Gasteiger partial charge in [0.1, 0.15) is 11.5 Å². The first-order chi connectivity index (χ1) is 17.1. The molecule has 6 nitrogen and oxygen atoms in total. The van der Waals surface area contributed by atoms with Crippen LogP contribution in [0.3, 0.4) is 0 Å². The molecule has 5 aromatic rings. The first kappa shape index (κ1) is 23.6. The Morgan fingerprint density at radius 2 is 1.61 bits per heavy atom. The number of aromatic amines is 1. The maximum absolute atomic E-state index is 13.9. The van der Waals surface area contributed by atoms with Gasteiger partial charge in [-0.1, -0.05) is 41.9 Å². The topological polar surface area (TPSA) is 66.3 Å². The van der Waals surface area contributed by atoms with Gasteiger partial charge in [-0.25, -0.2) is 14.5 Å². The quantitative estimate of drug-likeness (QED) is 0.315. The van der Waals surface area contributed by atoms with Gasteiger partial charge in [-0.2, -0.15) is 13.2 Å². The minimum atomic E-state index is -4.74. The number of fused-ring (bicyclic) bond motifs is 1. The van der Waals surface area contributed by atoms with E-state index in [1.807, 2.05) is 43.3 Å². The lowest BCUT2D eigenvalue weighted by atomic mass is 10.0. The first-order valence-corrected chi connectivity index (χ1v) is 11.2. The summed E-state index contributed by atoms with van der Waals surface area (Å²) >= 11 is 5.93. The van der Waals surface area contributed by atoms with E-state index in [1.54, 1.807) is 18.3 Å². The number of hydrogen-bond acceptors (Lipinski definition) is 4. The molecule has 3 heterocycles. The summed E-state index contributed by atoms with van der Waals surface area (Å²) in [6.45, 7) is 0. The highest BCUT2D eigenvalue weighted by atomic mass is 35.5. The molecule has 0 atom stereocenters. The standard InChI is InChI=1S/C26H19ClF3N5O/c1-34(2)21-11-8-18(14-31-21)16-4-3-5-17(12-16)20-13-22(36)35-25(32-20)23(24(33-35)26(28,29)30)15-6-9-19(27)10-7-15/h3-14,33H,1-2H3. The summed E-state index contributed by atoms with van der Waals surface area (Å²) in [5, 5.41) is 2.56. The molecule has 5 rings (SSSR count). The summed E-state index contributed by atoms with van der Waals surface area (Å²) in [5.74, 6) is 0.803. The number of rotatable bonds is 4. The van der Waals surface area contributed by atoms with Gasteiger partial charge < -0.3 is 4.90 Å². The molecule has 0 fully saturated rings. The van der Waals surface area contributed by atoms with E-state index in [2.05, 4.69) is 15.1 Å². The van der Waals surface area contributed by atoms with E-state index in [0.29, 0.717) is 10.6 Å². The molecule has 10 heteroatoms. The fourth-order valence-electron chi connectivity index (χ4n) is 3.96. The van der Waals surface area contributed by atoms with Crippen molar-refractivity contribution in [1.82, 2.24) is 19.6 Å². The molecule has 0 radical (unpaired) electrons. The number of alkyl halides is 3. The first-order valence-electron chi connectivity index (χ1n) is 10.8. The molecule has 0 aliphatic rings. The van der Waals surface area contributed by atoms with Crippen LogP contribution in [-0.2, 0) is 6.18 Å². The van der Waals surface area contributed by atoms with E-state index in [9.17, 15) is 18.0 Å². The summed E-state index contributed by atoms with van der Waals surface area (Å²) in [7, 11) is 3.79. The van der Waals surface area contributed by atoms with Gasteiger partial charge in [-0.3, -0.25) is 9.89 Å². The predicted octanol–water partition coefficient (Wildman–Crippen LogP) is 6.16. The average Bonchev–Trinajstić information content (AvgIpc) is 3.25. The van der Waals surface area contributed by atoms with Gasteiger partial charge in [0, 0.05) is 42.5 Å². The molecule has 0 saturated heterocycles. The molecule has 0 aliphatic heterocycles. The lowest BCUT2D eigenvalue weighted by Gasteiger charge is -2.11. The molecular weight excluding hydrogens is 491 g/mol. The molecule has 0 saturated carbocycles. The second-order valence-electron chi connectivity index (χ2n) is 8.39. The number of pyridine rings is 1. The van der Waals surface area contributed by atoms with Crippen molar-refractivity contribution in [3.8, 4) is 33.5 Å². The molecular formula is C26H19ClF3N5O. The largest absolute Gasteiger partial charge is 0.433 e. The highest BCUT2D eigenvalue weighted by Crippen LogP contribution is 2.39. The third kappa shape index (κ3) is 4.33. The second-order valence-corrected chi connectivity index (χ2v) is 8.82. The monoisotopic (exact) mass is 509 g/mol. The maximum atomic E-state index is 13.9. The molecule has 3 aromatic heterocycles. The fraction of sp³-hybridized carbons (Fsp3) is 0.115. The van der Waals surface area contributed by atoms with Gasteiger partial charge in [0.25, 0.3) is 5.56 Å². The minimum Gasteiger partial charge on any atom is -0.363 e. The summed E-state index contributed by atoms with van der Waals surface area (Å²) in [6, 6.07) is 18.2. The van der Waals surface area contributed by atoms with Crippen molar-refractivity contribution >= 4 is 23.1 Å². The van der Waals surface area contributed by atoms with Crippen LogP contribution >= 0.6 is 11.6 Å². The van der Waals surface area contributed by atoms with Crippen molar-refractivity contribution in [2.24, 2.45) is 0 Å². The summed E-state index contributed by atoms with van der Waals surface area (Å²) in [5.41, 5.74) is 0.666. The molecule has 0 aliphatic carbocycles. The number of benzene rings is 2. The number of nitrogens with one attached hydrogen (secondary N) is 1. The van der Waals surface area contributed by atoms with Crippen molar-refractivity contribution in [3.63, 3.8) is 0 Å². The predicted molar refractivity (Wildman–Crippen MR) is 134 cm³/mol. The van der Waals surface area contributed by atoms with Gasteiger partial charge in [-0.15, -0.1) is 0 Å². The molecule has 0 spiro atoms. The van der Waals surface area contributed by atoms with E-state index in [4.69, 9.17) is 11.6 Å². The Bertz CT molecular complexity index is 1620. The Morgan fingerprint density at radius 1 is 0.917 bits per heavy atom. The minimum absolute atomic E-state index is 0.130. The second kappa shape index (κ2) is 8.83. The van der Waals surface area contributed by atoms with Crippen molar-refractivity contribution in [3.05, 3.63) is 94.0 Å². The Labute approximate surface area is 208 Å². The summed E-state index contributed by atoms with van der Waals surface area (Å²) in [6.07, 6.45) is -3.00. The number of aromatic nitrogens is 4. The highest BCUT2D eigenvalue weighted by molar-refractivity contribution is 6.30. The van der Waals surface area contributed by atoms with Crippen LogP contribution in [0.4, 0.5) is 19.0 Å². The van der Waals surface area contributed by atoms with Crippen molar-refractivity contribution in [2.45, 2.75) is 6.18 Å². The summed E-state index contributed by atoms with van der Waals surface area (Å²) in [4.78, 5) is 23.7. The average molecular weight is 510 g/mol. The lowest BCUT2D eigenvalue weighted by Crippen LogP contribution is -2.15. The lowest BCUT2D eigenvalue weighted by molar-refractivity contribution is -0.140. The van der Waals surface area contributed by atoms with Gasteiger partial charge >= 0.3 is 6.18 Å². The zero-order valence-corrected chi connectivity index (χ0v) is 19.9. The number of H-pyrrole nitrogens is 1. The Hall–Kier alpha value is -4.11. The zero-order valence-electron chi connectivity index (χ0n) is 19.1. The van der Waals surface area contributed by atoms with Gasteiger partial charge in [-0.05, 0) is 41.5 Å². The molecule has 2 aromatic carbocycles. The molecule has 0 bridgehead atoms. The normalized spacial score (nSPS) is 11.7. The zero-order chi connectivity index (χ0) is 25.6. The Balaban J connectivity index is 1.67. The van der Waals surface area contributed by atoms with Crippen LogP contribution in [0.15, 0.2) is 77.7 Å². The molecule has 1 N–H and O–H groups in total. The molecule has 0 amide bonds. The number of halogens is 4. The Kier molecular flexibility index (Phi) is 5.80. The van der Waals surface area contributed by atoms with Crippen molar-refractivity contribution in [1.29, 1.82) is 0 Å². The fourth-order valence-corrected chi connectivity index (χ4v) is 4.09. The van der Waals surface area contributed by atoms with Crippen LogP contribution in [0.2, 0.25) is 5.02 Å². The van der Waals surface area contributed by atoms with Crippen LogP contribution in [0.25, 0.3) is 39.2 Å². The molecule has 182 valence electrons. The third-order valence-corrected chi connectivity index (χ3v) is 5.98. The van der Waals surface area contributed by atoms with E-state index in [0.717, 1.165) is 21.5 Å². The van der Waals surface area contributed by atoms with Crippen LogP contribution in [-0.4, -0.2) is 33.7 Å². The van der Waals surface area contributed by atoms with E-state index >= 15 is 0 Å². The van der Waals surface area contributed by atoms with Gasteiger partial charge in [0.15, 0.2) is 5.65 Å². The van der Waals surface area contributed by atoms with Crippen LogP contribution in [0, 0.1) is 0 Å². The highest BCUT2D eigenvalue weighted by Gasteiger charge is 2.38. The van der Waals surface area contributed by atoms with E-state index < -0.39 is 17.4 Å².